The van der Waals surface area contributed by atoms with Crippen molar-refractivity contribution >= 4 is 0 Å². The number of nitrogens with one attached hydrogen (secondary N) is 1. The van der Waals surface area contributed by atoms with E-state index in [1.807, 2.05) is 6.08 Å². The zero-order valence-corrected chi connectivity index (χ0v) is 10.4. The summed E-state index contributed by atoms with van der Waals surface area (Å²) in [7, 11) is 0. The second kappa shape index (κ2) is 6.29. The largest absolute Gasteiger partial charge is 0.316 e. The molecule has 0 radical (unpaired) electrons. The summed E-state index contributed by atoms with van der Waals surface area (Å²) in [6.07, 6.45) is 5.89. The van der Waals surface area contributed by atoms with Crippen molar-refractivity contribution in [1.29, 1.82) is 0 Å². The van der Waals surface area contributed by atoms with Crippen LogP contribution in [0.5, 0.6) is 0 Å². The summed E-state index contributed by atoms with van der Waals surface area (Å²) in [4.78, 5) is 2.55. The zero-order chi connectivity index (χ0) is 11.1. The van der Waals surface area contributed by atoms with Gasteiger partial charge in [0, 0.05) is 19.6 Å². The molecule has 2 nitrogen and oxygen atoms in total. The molecule has 0 bridgehead atoms. The minimum Gasteiger partial charge on any atom is -0.316 e. The molecule has 88 valence electrons. The maximum absolute atomic E-state index is 3.85. The average Bonchev–Trinajstić information content (AvgIpc) is 2.68. The van der Waals surface area contributed by atoms with Crippen molar-refractivity contribution in [3.8, 4) is 0 Å². The number of hydrogen-bond donors (Lipinski definition) is 1. The van der Waals surface area contributed by atoms with E-state index >= 15 is 0 Å². The molecule has 0 amide bonds. The van der Waals surface area contributed by atoms with Gasteiger partial charge in [0.2, 0.25) is 0 Å². The highest BCUT2D eigenvalue weighted by molar-refractivity contribution is 4.90. The fourth-order valence-electron chi connectivity index (χ4n) is 2.55. The van der Waals surface area contributed by atoms with Gasteiger partial charge in [-0.05, 0) is 37.8 Å². The smallest absolute Gasteiger partial charge is 0.0160 e. The van der Waals surface area contributed by atoms with Crippen LogP contribution in [0.25, 0.3) is 0 Å². The molecule has 0 aromatic heterocycles. The summed E-state index contributed by atoms with van der Waals surface area (Å²) >= 11 is 0. The Balaban J connectivity index is 2.49. The standard InChI is InChI=1S/C13H26N2/c1-4-9-15(10-5-2)12-13(6-3)7-8-14-11-13/h4,14H,1,5-12H2,2-3H3. The molecule has 0 spiro atoms. The van der Waals surface area contributed by atoms with Gasteiger partial charge in [0.15, 0.2) is 0 Å². The number of hydrogen-bond acceptors (Lipinski definition) is 2. The molecule has 1 fully saturated rings. The molecule has 0 aromatic carbocycles. The van der Waals surface area contributed by atoms with Gasteiger partial charge in [0.25, 0.3) is 0 Å². The summed E-state index contributed by atoms with van der Waals surface area (Å²) in [5.74, 6) is 0. The highest BCUT2D eigenvalue weighted by Gasteiger charge is 2.33. The molecule has 1 saturated heterocycles. The molecule has 0 aliphatic carbocycles. The maximum atomic E-state index is 3.85. The Morgan fingerprint density at radius 3 is 2.73 bits per heavy atom. The molecule has 1 atom stereocenters. The molecule has 1 heterocycles. The maximum Gasteiger partial charge on any atom is 0.0160 e. The normalized spacial score (nSPS) is 26.1. The van der Waals surface area contributed by atoms with E-state index in [2.05, 4.69) is 30.6 Å². The molecule has 1 N–H and O–H groups in total. The minimum atomic E-state index is 0.526. The third kappa shape index (κ3) is 3.62. The van der Waals surface area contributed by atoms with Gasteiger partial charge in [-0.1, -0.05) is 19.9 Å². The van der Waals surface area contributed by atoms with Crippen LogP contribution in [0.3, 0.4) is 0 Å². The quantitative estimate of drug-likeness (QED) is 0.649. The Morgan fingerprint density at radius 2 is 2.27 bits per heavy atom. The van der Waals surface area contributed by atoms with E-state index in [9.17, 15) is 0 Å². The van der Waals surface area contributed by atoms with Crippen molar-refractivity contribution in [2.24, 2.45) is 5.41 Å². The van der Waals surface area contributed by atoms with E-state index < -0.39 is 0 Å². The lowest BCUT2D eigenvalue weighted by atomic mass is 9.83. The summed E-state index contributed by atoms with van der Waals surface area (Å²) in [5.41, 5.74) is 0.526. The van der Waals surface area contributed by atoms with Crippen LogP contribution in [0.15, 0.2) is 12.7 Å². The fourth-order valence-corrected chi connectivity index (χ4v) is 2.55. The molecule has 1 aliphatic rings. The van der Waals surface area contributed by atoms with Crippen LogP contribution in [-0.4, -0.2) is 37.6 Å². The van der Waals surface area contributed by atoms with E-state index in [0.29, 0.717) is 5.41 Å². The number of nitrogens with zero attached hydrogens (tertiary/aromatic N) is 1. The van der Waals surface area contributed by atoms with Gasteiger partial charge in [0.1, 0.15) is 0 Å². The molecule has 1 rings (SSSR count). The Morgan fingerprint density at radius 1 is 1.47 bits per heavy atom. The second-order valence-corrected chi connectivity index (χ2v) is 4.80. The number of rotatable bonds is 7. The molecular weight excluding hydrogens is 184 g/mol. The Labute approximate surface area is 94.7 Å². The van der Waals surface area contributed by atoms with Crippen molar-refractivity contribution in [2.45, 2.75) is 33.1 Å². The molecule has 0 aromatic rings. The van der Waals surface area contributed by atoms with Crippen LogP contribution in [0.2, 0.25) is 0 Å². The van der Waals surface area contributed by atoms with Gasteiger partial charge in [-0.25, -0.2) is 0 Å². The first-order chi connectivity index (χ1) is 7.26. The first kappa shape index (κ1) is 12.7. The van der Waals surface area contributed by atoms with Gasteiger partial charge in [-0.2, -0.15) is 0 Å². The van der Waals surface area contributed by atoms with E-state index in [0.717, 1.165) is 6.54 Å². The van der Waals surface area contributed by atoms with E-state index in [4.69, 9.17) is 0 Å². The van der Waals surface area contributed by atoms with E-state index in [1.54, 1.807) is 0 Å². The predicted octanol–water partition coefficient (Wildman–Crippen LogP) is 2.27. The van der Waals surface area contributed by atoms with Crippen molar-refractivity contribution < 1.29 is 0 Å². The molecule has 2 heteroatoms. The summed E-state index contributed by atoms with van der Waals surface area (Å²) < 4.78 is 0. The lowest BCUT2D eigenvalue weighted by Crippen LogP contribution is -2.39. The third-order valence-electron chi connectivity index (χ3n) is 3.57. The van der Waals surface area contributed by atoms with Crippen LogP contribution in [0.4, 0.5) is 0 Å². The molecule has 15 heavy (non-hydrogen) atoms. The molecule has 0 saturated carbocycles. The fraction of sp³-hybridized carbons (Fsp3) is 0.846. The Bertz CT molecular complexity index is 183. The van der Waals surface area contributed by atoms with E-state index in [1.165, 1.54) is 45.4 Å². The monoisotopic (exact) mass is 210 g/mol. The topological polar surface area (TPSA) is 15.3 Å². The third-order valence-corrected chi connectivity index (χ3v) is 3.57. The van der Waals surface area contributed by atoms with E-state index in [-0.39, 0.29) is 0 Å². The predicted molar refractivity (Wildman–Crippen MR) is 67.1 cm³/mol. The minimum absolute atomic E-state index is 0.526. The zero-order valence-electron chi connectivity index (χ0n) is 10.4. The lowest BCUT2D eigenvalue weighted by molar-refractivity contribution is 0.171. The van der Waals surface area contributed by atoms with Crippen LogP contribution < -0.4 is 5.32 Å². The average molecular weight is 210 g/mol. The summed E-state index contributed by atoms with van der Waals surface area (Å²) in [5, 5.41) is 3.50. The Hall–Kier alpha value is -0.340. The van der Waals surface area contributed by atoms with Gasteiger partial charge in [-0.15, -0.1) is 6.58 Å². The van der Waals surface area contributed by atoms with Crippen molar-refractivity contribution in [3.63, 3.8) is 0 Å². The van der Waals surface area contributed by atoms with Crippen LogP contribution >= 0.6 is 0 Å². The second-order valence-electron chi connectivity index (χ2n) is 4.80. The van der Waals surface area contributed by atoms with Crippen molar-refractivity contribution in [1.82, 2.24) is 10.2 Å². The van der Waals surface area contributed by atoms with Crippen LogP contribution in [0, 0.1) is 5.41 Å². The lowest BCUT2D eigenvalue weighted by Gasteiger charge is -2.33. The highest BCUT2D eigenvalue weighted by atomic mass is 15.1. The molecular formula is C13H26N2. The summed E-state index contributed by atoms with van der Waals surface area (Å²) in [6, 6.07) is 0. The van der Waals surface area contributed by atoms with Crippen LogP contribution in [0.1, 0.15) is 33.1 Å². The summed E-state index contributed by atoms with van der Waals surface area (Å²) in [6.45, 7) is 14.3. The molecule has 1 unspecified atom stereocenters. The van der Waals surface area contributed by atoms with Gasteiger partial charge in [-0.3, -0.25) is 4.90 Å². The van der Waals surface area contributed by atoms with Crippen LogP contribution in [-0.2, 0) is 0 Å². The highest BCUT2D eigenvalue weighted by Crippen LogP contribution is 2.30. The van der Waals surface area contributed by atoms with Gasteiger partial charge < -0.3 is 5.32 Å². The Kier molecular flexibility index (Phi) is 5.34. The molecule has 1 aliphatic heterocycles. The first-order valence-electron chi connectivity index (χ1n) is 6.30. The van der Waals surface area contributed by atoms with Crippen molar-refractivity contribution in [3.05, 3.63) is 12.7 Å². The van der Waals surface area contributed by atoms with Gasteiger partial charge in [0.05, 0.1) is 0 Å². The first-order valence-corrected chi connectivity index (χ1v) is 6.30. The SMILES string of the molecule is C=CCN(CCC)CC1(CC)CCNC1. The van der Waals surface area contributed by atoms with Gasteiger partial charge >= 0.3 is 0 Å². The van der Waals surface area contributed by atoms with Crippen molar-refractivity contribution in [2.75, 3.05) is 32.7 Å².